The molecule has 8 heteroatoms. The molecule has 2 aromatic rings. The molecule has 2 aromatic carbocycles. The number of carbonyl (C=O) groups is 2. The zero-order valence-corrected chi connectivity index (χ0v) is 16.7. The molecule has 0 bridgehead atoms. The Labute approximate surface area is 168 Å². The summed E-state index contributed by atoms with van der Waals surface area (Å²) in [5.74, 6) is -0.166. The highest BCUT2D eigenvalue weighted by Gasteiger charge is 2.13. The van der Waals surface area contributed by atoms with Crippen molar-refractivity contribution in [2.45, 2.75) is 13.8 Å². The van der Waals surface area contributed by atoms with Gasteiger partial charge in [-0.1, -0.05) is 31.5 Å². The van der Waals surface area contributed by atoms with Crippen molar-refractivity contribution < 1.29 is 14.3 Å². The van der Waals surface area contributed by atoms with E-state index in [4.69, 9.17) is 28.6 Å². The van der Waals surface area contributed by atoms with Crippen LogP contribution in [0.5, 0.6) is 5.75 Å². The maximum Gasteiger partial charge on any atom is 0.257 e. The zero-order valence-electron chi connectivity index (χ0n) is 15.1. The van der Waals surface area contributed by atoms with Gasteiger partial charge in [0.1, 0.15) is 5.75 Å². The van der Waals surface area contributed by atoms with E-state index in [9.17, 15) is 9.59 Å². The average Bonchev–Trinajstić information content (AvgIpc) is 2.62. The largest absolute Gasteiger partial charge is 0.494 e. The lowest BCUT2D eigenvalue weighted by Gasteiger charge is -2.15. The molecular weight excluding hydrogens is 386 g/mol. The number of amides is 2. The minimum Gasteiger partial charge on any atom is -0.494 e. The van der Waals surface area contributed by atoms with Crippen molar-refractivity contribution in [3.63, 3.8) is 0 Å². The fourth-order valence-corrected chi connectivity index (χ4v) is 2.52. The van der Waals surface area contributed by atoms with Gasteiger partial charge in [0, 0.05) is 28.3 Å². The normalized spacial score (nSPS) is 10.3. The summed E-state index contributed by atoms with van der Waals surface area (Å²) < 4.78 is 5.31. The molecule has 6 nitrogen and oxygen atoms in total. The van der Waals surface area contributed by atoms with Gasteiger partial charge in [0.2, 0.25) is 5.91 Å². The molecule has 0 spiro atoms. The lowest BCUT2D eigenvalue weighted by molar-refractivity contribution is -0.118. The number of benzene rings is 2. The second-order valence-corrected chi connectivity index (χ2v) is 6.82. The summed E-state index contributed by atoms with van der Waals surface area (Å²) in [6.45, 7) is 3.61. The van der Waals surface area contributed by atoms with Crippen LogP contribution >= 0.6 is 23.8 Å². The Hall–Kier alpha value is -2.64. The summed E-state index contributed by atoms with van der Waals surface area (Å²) in [6, 6.07) is 11.6. The molecule has 0 heterocycles. The number of methoxy groups -OCH3 is 1. The molecule has 0 aliphatic carbocycles. The summed E-state index contributed by atoms with van der Waals surface area (Å²) in [5.41, 5.74) is 1.55. The molecule has 0 radical (unpaired) electrons. The molecule has 0 aliphatic rings. The van der Waals surface area contributed by atoms with Crippen LogP contribution in [0.3, 0.4) is 0 Å². The molecular formula is C19H20ClN3O3S. The van der Waals surface area contributed by atoms with Crippen molar-refractivity contribution >= 4 is 52.1 Å². The van der Waals surface area contributed by atoms with Crippen LogP contribution in [0.4, 0.5) is 11.4 Å². The van der Waals surface area contributed by atoms with E-state index in [0.29, 0.717) is 27.7 Å². The first-order chi connectivity index (χ1) is 12.8. The highest BCUT2D eigenvalue weighted by atomic mass is 35.5. The summed E-state index contributed by atoms with van der Waals surface area (Å²) >= 11 is 11.1. The Kier molecular flexibility index (Phi) is 7.15. The van der Waals surface area contributed by atoms with Crippen LogP contribution in [0.15, 0.2) is 42.5 Å². The Bertz CT molecular complexity index is 871. The van der Waals surface area contributed by atoms with Crippen molar-refractivity contribution in [3.05, 3.63) is 53.1 Å². The number of nitrogens with one attached hydrogen (secondary N) is 3. The number of carbonyl (C=O) groups excluding carboxylic acids is 2. The van der Waals surface area contributed by atoms with Gasteiger partial charge in [-0.15, -0.1) is 0 Å². The SMILES string of the molecule is COc1cc(NC(=S)NC(=O)c2cccc(Cl)c2)ccc1NC(=O)C(C)C. The summed E-state index contributed by atoms with van der Waals surface area (Å²) in [4.78, 5) is 24.1. The van der Waals surface area contributed by atoms with Gasteiger partial charge in [-0.25, -0.2) is 0 Å². The smallest absolute Gasteiger partial charge is 0.257 e. The molecule has 0 saturated carbocycles. The Morgan fingerprint density at radius 2 is 1.85 bits per heavy atom. The molecule has 0 fully saturated rings. The molecule has 2 rings (SSSR count). The summed E-state index contributed by atoms with van der Waals surface area (Å²) in [7, 11) is 1.50. The number of hydrogen-bond donors (Lipinski definition) is 3. The van der Waals surface area contributed by atoms with Crippen LogP contribution < -0.4 is 20.7 Å². The van der Waals surface area contributed by atoms with Crippen molar-refractivity contribution in [2.24, 2.45) is 5.92 Å². The van der Waals surface area contributed by atoms with Crippen LogP contribution in [0.1, 0.15) is 24.2 Å². The van der Waals surface area contributed by atoms with Crippen LogP contribution in [0.2, 0.25) is 5.02 Å². The molecule has 3 N–H and O–H groups in total. The quantitative estimate of drug-likeness (QED) is 0.653. The van der Waals surface area contributed by atoms with Gasteiger partial charge in [0.05, 0.1) is 12.8 Å². The van der Waals surface area contributed by atoms with Gasteiger partial charge in [-0.3, -0.25) is 14.9 Å². The third-order valence-electron chi connectivity index (χ3n) is 3.56. The number of hydrogen-bond acceptors (Lipinski definition) is 4. The topological polar surface area (TPSA) is 79.5 Å². The fraction of sp³-hybridized carbons (Fsp3) is 0.211. The molecule has 0 aromatic heterocycles. The highest BCUT2D eigenvalue weighted by molar-refractivity contribution is 7.80. The van der Waals surface area contributed by atoms with Gasteiger partial charge in [0.15, 0.2) is 5.11 Å². The van der Waals surface area contributed by atoms with Gasteiger partial charge >= 0.3 is 0 Å². The molecule has 27 heavy (non-hydrogen) atoms. The first-order valence-electron chi connectivity index (χ1n) is 8.17. The maximum absolute atomic E-state index is 12.2. The molecule has 2 amide bonds. The number of anilines is 2. The van der Waals surface area contributed by atoms with E-state index in [-0.39, 0.29) is 22.8 Å². The fourth-order valence-electron chi connectivity index (χ4n) is 2.12. The maximum atomic E-state index is 12.2. The third-order valence-corrected chi connectivity index (χ3v) is 3.99. The molecule has 0 atom stereocenters. The minimum absolute atomic E-state index is 0.113. The highest BCUT2D eigenvalue weighted by Crippen LogP contribution is 2.28. The third kappa shape index (κ3) is 5.94. The van der Waals surface area contributed by atoms with Crippen LogP contribution in [0, 0.1) is 5.92 Å². The van der Waals surface area contributed by atoms with Gasteiger partial charge in [-0.05, 0) is 42.5 Å². The van der Waals surface area contributed by atoms with Gasteiger partial charge < -0.3 is 15.4 Å². The van der Waals surface area contributed by atoms with E-state index >= 15 is 0 Å². The van der Waals surface area contributed by atoms with E-state index in [1.54, 1.807) is 56.3 Å². The summed E-state index contributed by atoms with van der Waals surface area (Å²) in [5, 5.41) is 8.88. The van der Waals surface area contributed by atoms with Crippen molar-refractivity contribution in [1.29, 1.82) is 0 Å². The Balaban J connectivity index is 2.05. The van der Waals surface area contributed by atoms with Crippen molar-refractivity contribution in [3.8, 4) is 5.75 Å². The predicted molar refractivity (Wildman–Crippen MR) is 112 cm³/mol. The van der Waals surface area contributed by atoms with E-state index in [1.807, 2.05) is 0 Å². The second kappa shape index (κ2) is 9.34. The summed E-state index contributed by atoms with van der Waals surface area (Å²) in [6.07, 6.45) is 0. The second-order valence-electron chi connectivity index (χ2n) is 5.98. The van der Waals surface area contributed by atoms with E-state index in [1.165, 1.54) is 7.11 Å². The Morgan fingerprint density at radius 1 is 1.11 bits per heavy atom. The van der Waals surface area contributed by atoms with Gasteiger partial charge in [0.25, 0.3) is 5.91 Å². The number of thiocarbonyl (C=S) groups is 1. The number of rotatable bonds is 5. The van der Waals surface area contributed by atoms with Crippen molar-refractivity contribution in [1.82, 2.24) is 5.32 Å². The van der Waals surface area contributed by atoms with Gasteiger partial charge in [-0.2, -0.15) is 0 Å². The Morgan fingerprint density at radius 3 is 2.48 bits per heavy atom. The molecule has 0 saturated heterocycles. The van der Waals surface area contributed by atoms with E-state index in [2.05, 4.69) is 16.0 Å². The van der Waals surface area contributed by atoms with Crippen LogP contribution in [-0.2, 0) is 4.79 Å². The zero-order chi connectivity index (χ0) is 20.0. The van der Waals surface area contributed by atoms with Crippen molar-refractivity contribution in [2.75, 3.05) is 17.7 Å². The molecule has 0 aliphatic heterocycles. The predicted octanol–water partition coefficient (Wildman–Crippen LogP) is 4.07. The van der Waals surface area contributed by atoms with E-state index in [0.717, 1.165) is 0 Å². The number of ether oxygens (including phenoxy) is 1. The first-order valence-corrected chi connectivity index (χ1v) is 8.95. The average molecular weight is 406 g/mol. The lowest BCUT2D eigenvalue weighted by Crippen LogP contribution is -2.34. The van der Waals surface area contributed by atoms with Crippen LogP contribution in [-0.4, -0.2) is 24.0 Å². The molecule has 142 valence electrons. The number of halogens is 1. The van der Waals surface area contributed by atoms with Crippen LogP contribution in [0.25, 0.3) is 0 Å². The molecule has 0 unspecified atom stereocenters. The standard InChI is InChI=1S/C19H20ClN3O3S/c1-11(2)17(24)22-15-8-7-14(10-16(15)26-3)21-19(27)23-18(25)12-5-4-6-13(20)9-12/h4-11H,1-3H3,(H,22,24)(H2,21,23,25,27). The minimum atomic E-state index is -0.372. The van der Waals surface area contributed by atoms with E-state index < -0.39 is 0 Å². The lowest BCUT2D eigenvalue weighted by atomic mass is 10.2. The first kappa shape index (κ1) is 20.7. The monoisotopic (exact) mass is 405 g/mol.